The zero-order valence-electron chi connectivity index (χ0n) is 17.8. The van der Waals surface area contributed by atoms with Crippen molar-refractivity contribution in [2.45, 2.75) is 71.8 Å². The van der Waals surface area contributed by atoms with E-state index >= 15 is 0 Å². The first kappa shape index (κ1) is 20.2. The molecule has 1 N–H and O–H groups in total. The molecule has 0 radical (unpaired) electrons. The molecule has 1 aromatic carbocycles. The molecule has 0 amide bonds. The topological polar surface area (TPSA) is 39.1 Å². The minimum absolute atomic E-state index is 0.0294. The zero-order valence-corrected chi connectivity index (χ0v) is 18.5. The molecule has 0 saturated carbocycles. The van der Waals surface area contributed by atoms with Gasteiger partial charge in [0.1, 0.15) is 11.4 Å². The molecule has 1 aliphatic heterocycles. The number of aromatic hydroxyl groups is 1. The van der Waals surface area contributed by atoms with Gasteiger partial charge in [-0.2, -0.15) is 15.2 Å². The third-order valence-corrected chi connectivity index (χ3v) is 6.10. The maximum Gasteiger partial charge on any atom is 0.146 e. The van der Waals surface area contributed by atoms with Crippen LogP contribution < -0.4 is 5.12 Å². The van der Waals surface area contributed by atoms with Crippen LogP contribution in [0, 0.1) is 5.92 Å². The van der Waals surface area contributed by atoms with Gasteiger partial charge in [-0.3, -0.25) is 0 Å². The maximum absolute atomic E-state index is 11.2. The Hall–Kier alpha value is -1.52. The number of nitrogens with zero attached hydrogens (tertiary/aromatic N) is 3. The van der Waals surface area contributed by atoms with Gasteiger partial charge in [-0.25, -0.2) is 0 Å². The van der Waals surface area contributed by atoms with Crippen LogP contribution in [-0.4, -0.2) is 28.9 Å². The number of rotatable bonds is 1. The first-order valence-electron chi connectivity index (χ1n) is 9.67. The molecule has 148 valence electrons. The van der Waals surface area contributed by atoms with Crippen molar-refractivity contribution < 1.29 is 5.11 Å². The monoisotopic (exact) mass is 389 g/mol. The van der Waals surface area contributed by atoms with Gasteiger partial charge in [0.2, 0.25) is 0 Å². The summed E-state index contributed by atoms with van der Waals surface area (Å²) in [5.41, 5.74) is 3.61. The normalized spacial score (nSPS) is 24.0. The van der Waals surface area contributed by atoms with Crippen molar-refractivity contribution in [2.75, 3.05) is 12.2 Å². The molecule has 1 heterocycles. The molecule has 0 aromatic heterocycles. The van der Waals surface area contributed by atoms with Crippen LogP contribution in [0.15, 0.2) is 28.3 Å². The smallest absolute Gasteiger partial charge is 0.146 e. The predicted molar refractivity (Wildman–Crippen MR) is 115 cm³/mol. The zero-order chi connectivity index (χ0) is 20.3. The standard InChI is InChI=1S/C22H32ClN3O/c1-13-9-18-17(12-16(13)23)24-26(25(18)8)19-11-14(21(2,3)4)10-15(20(19)27)22(5,6)7/h10-13,18,27H,9H2,1-8H3. The predicted octanol–water partition coefficient (Wildman–Crippen LogP) is 5.54. The lowest BCUT2D eigenvalue weighted by Crippen LogP contribution is -2.42. The average molecular weight is 390 g/mol. The van der Waals surface area contributed by atoms with E-state index in [0.29, 0.717) is 11.7 Å². The summed E-state index contributed by atoms with van der Waals surface area (Å²) in [7, 11) is 2.03. The summed E-state index contributed by atoms with van der Waals surface area (Å²) in [6, 6.07) is 4.38. The van der Waals surface area contributed by atoms with Crippen molar-refractivity contribution in [2.24, 2.45) is 11.0 Å². The molecule has 1 aliphatic carbocycles. The number of hydrazine groups is 1. The summed E-state index contributed by atoms with van der Waals surface area (Å²) in [4.78, 5) is 0. The lowest BCUT2D eigenvalue weighted by molar-refractivity contribution is 0.270. The number of halogens is 1. The molecule has 1 aromatic rings. The number of benzene rings is 1. The Morgan fingerprint density at radius 2 is 1.74 bits per heavy atom. The van der Waals surface area contributed by atoms with E-state index in [-0.39, 0.29) is 16.9 Å². The van der Waals surface area contributed by atoms with Gasteiger partial charge in [-0.1, -0.05) is 66.1 Å². The number of hydrazone groups is 1. The van der Waals surface area contributed by atoms with Crippen molar-refractivity contribution in [3.05, 3.63) is 34.4 Å². The Labute approximate surface area is 168 Å². The van der Waals surface area contributed by atoms with Crippen molar-refractivity contribution in [1.82, 2.24) is 5.01 Å². The van der Waals surface area contributed by atoms with Gasteiger partial charge < -0.3 is 5.11 Å². The van der Waals surface area contributed by atoms with E-state index in [1.165, 1.54) is 5.56 Å². The second kappa shape index (κ2) is 6.52. The van der Waals surface area contributed by atoms with Gasteiger partial charge in [-0.15, -0.1) is 0 Å². The Morgan fingerprint density at radius 1 is 1.11 bits per heavy atom. The molecule has 27 heavy (non-hydrogen) atoms. The van der Waals surface area contributed by atoms with Crippen molar-refractivity contribution >= 4 is 23.0 Å². The van der Waals surface area contributed by atoms with E-state index in [2.05, 4.69) is 65.6 Å². The largest absolute Gasteiger partial charge is 0.505 e. The number of anilines is 1. The van der Waals surface area contributed by atoms with E-state index in [1.54, 1.807) is 0 Å². The second-order valence-electron chi connectivity index (χ2n) is 9.96. The summed E-state index contributed by atoms with van der Waals surface area (Å²) in [5.74, 6) is 0.617. The van der Waals surface area contributed by atoms with E-state index in [4.69, 9.17) is 16.7 Å². The summed E-state index contributed by atoms with van der Waals surface area (Å²) in [5, 5.41) is 20.8. The van der Waals surface area contributed by atoms with Crippen molar-refractivity contribution in [3.8, 4) is 5.75 Å². The highest BCUT2D eigenvalue weighted by molar-refractivity contribution is 6.32. The van der Waals surface area contributed by atoms with E-state index < -0.39 is 0 Å². The average Bonchev–Trinajstić information content (AvgIpc) is 2.82. The minimum atomic E-state index is -0.171. The van der Waals surface area contributed by atoms with Gasteiger partial charge in [-0.05, 0) is 40.9 Å². The van der Waals surface area contributed by atoms with Crippen LogP contribution in [0.3, 0.4) is 0 Å². The first-order valence-corrected chi connectivity index (χ1v) is 10.0. The fraction of sp³-hybridized carbons (Fsp3) is 0.591. The lowest BCUT2D eigenvalue weighted by Gasteiger charge is -2.33. The summed E-state index contributed by atoms with van der Waals surface area (Å²) in [6.45, 7) is 15.1. The number of allylic oxidation sites excluding steroid dienone is 1. The molecule has 0 bridgehead atoms. The highest BCUT2D eigenvalue weighted by Gasteiger charge is 2.38. The van der Waals surface area contributed by atoms with Gasteiger partial charge in [0.15, 0.2) is 0 Å². The molecule has 0 saturated heterocycles. The number of hydrogen-bond donors (Lipinski definition) is 1. The highest BCUT2D eigenvalue weighted by Crippen LogP contribution is 2.44. The minimum Gasteiger partial charge on any atom is -0.505 e. The second-order valence-corrected chi connectivity index (χ2v) is 10.4. The summed E-state index contributed by atoms with van der Waals surface area (Å²) >= 11 is 6.37. The van der Waals surface area contributed by atoms with Crippen LogP contribution in [0.5, 0.6) is 5.75 Å². The van der Waals surface area contributed by atoms with Gasteiger partial charge in [0.05, 0.1) is 11.8 Å². The Bertz CT molecular complexity index is 814. The van der Waals surface area contributed by atoms with Gasteiger partial charge in [0, 0.05) is 17.6 Å². The Kier molecular flexibility index (Phi) is 4.89. The molecule has 3 rings (SSSR count). The molecule has 0 fully saturated rings. The van der Waals surface area contributed by atoms with Crippen LogP contribution in [0.2, 0.25) is 0 Å². The van der Waals surface area contributed by atoms with E-state index in [1.807, 2.05) is 18.2 Å². The highest BCUT2D eigenvalue weighted by atomic mass is 35.5. The Balaban J connectivity index is 2.15. The SMILES string of the molecule is CC1CC2C(=NN(c3cc(C(C)(C)C)cc(C(C)(C)C)c3O)N2C)C=C1Cl. The molecule has 4 nitrogen and oxygen atoms in total. The van der Waals surface area contributed by atoms with Crippen molar-refractivity contribution in [1.29, 1.82) is 0 Å². The number of fused-ring (bicyclic) bond motifs is 1. The molecule has 2 unspecified atom stereocenters. The van der Waals surface area contributed by atoms with E-state index in [0.717, 1.165) is 28.4 Å². The van der Waals surface area contributed by atoms with Crippen LogP contribution in [-0.2, 0) is 10.8 Å². The summed E-state index contributed by atoms with van der Waals surface area (Å²) in [6.07, 6.45) is 2.90. The van der Waals surface area contributed by atoms with Gasteiger partial charge in [0.25, 0.3) is 0 Å². The van der Waals surface area contributed by atoms with Crippen LogP contribution in [0.25, 0.3) is 0 Å². The molecule has 2 atom stereocenters. The van der Waals surface area contributed by atoms with Crippen LogP contribution >= 0.6 is 11.6 Å². The van der Waals surface area contributed by atoms with Gasteiger partial charge >= 0.3 is 0 Å². The fourth-order valence-corrected chi connectivity index (χ4v) is 3.90. The molecule has 0 spiro atoms. The maximum atomic E-state index is 11.2. The molecular weight excluding hydrogens is 358 g/mol. The third kappa shape index (κ3) is 3.62. The third-order valence-electron chi connectivity index (χ3n) is 5.61. The Morgan fingerprint density at radius 3 is 2.30 bits per heavy atom. The first-order chi connectivity index (χ1) is 12.3. The number of phenols is 1. The van der Waals surface area contributed by atoms with E-state index in [9.17, 15) is 5.11 Å². The van der Waals surface area contributed by atoms with Crippen molar-refractivity contribution in [3.63, 3.8) is 0 Å². The quantitative estimate of drug-likeness (QED) is 0.685. The van der Waals surface area contributed by atoms with Crippen LogP contribution in [0.4, 0.5) is 5.69 Å². The fourth-order valence-electron chi connectivity index (χ4n) is 3.70. The molecule has 5 heteroatoms. The molecular formula is C22H32ClN3O. The number of hydrogen-bond acceptors (Lipinski definition) is 4. The lowest BCUT2D eigenvalue weighted by atomic mass is 9.79. The molecule has 2 aliphatic rings. The number of phenolic OH excluding ortho intramolecular Hbond substituents is 1. The van der Waals surface area contributed by atoms with Crippen LogP contribution in [0.1, 0.15) is 66.0 Å². The summed E-state index contributed by atoms with van der Waals surface area (Å²) < 4.78 is 0.